The number of aliphatic hydroxyl groups excluding tert-OH is 1. The summed E-state index contributed by atoms with van der Waals surface area (Å²) >= 11 is 0. The van der Waals surface area contributed by atoms with Crippen molar-refractivity contribution in [1.29, 1.82) is 0 Å². The van der Waals surface area contributed by atoms with Crippen molar-refractivity contribution in [3.05, 3.63) is 47.2 Å². The zero-order valence-electron chi connectivity index (χ0n) is 15.8. The number of ketones is 1. The van der Waals surface area contributed by atoms with E-state index in [1.165, 1.54) is 7.05 Å². The van der Waals surface area contributed by atoms with Gasteiger partial charge in [-0.05, 0) is 39.2 Å². The molecule has 0 unspecified atom stereocenters. The van der Waals surface area contributed by atoms with Gasteiger partial charge in [0, 0.05) is 19.9 Å². The van der Waals surface area contributed by atoms with E-state index in [1.807, 2.05) is 30.3 Å². The summed E-state index contributed by atoms with van der Waals surface area (Å²) in [6.07, 6.45) is 1.17. The van der Waals surface area contributed by atoms with Crippen molar-refractivity contribution in [1.82, 2.24) is 5.01 Å². The second-order valence-electron chi connectivity index (χ2n) is 7.31. The van der Waals surface area contributed by atoms with E-state index >= 15 is 0 Å². The Morgan fingerprint density at radius 1 is 1.23 bits per heavy atom. The Labute approximate surface area is 154 Å². The first kappa shape index (κ1) is 19.7. The van der Waals surface area contributed by atoms with Gasteiger partial charge in [-0.15, -0.1) is 0 Å². The Bertz CT molecular complexity index is 730. The average Bonchev–Trinajstić information content (AvgIpc) is 2.54. The molecule has 1 fully saturated rings. The van der Waals surface area contributed by atoms with E-state index in [1.54, 1.807) is 20.8 Å². The average molecular weight is 358 g/mol. The Balaban J connectivity index is 2.28. The van der Waals surface area contributed by atoms with Crippen molar-refractivity contribution in [2.45, 2.75) is 52.1 Å². The van der Waals surface area contributed by atoms with Crippen LogP contribution < -0.4 is 0 Å². The molecule has 1 aromatic carbocycles. The van der Waals surface area contributed by atoms with Crippen molar-refractivity contribution in [3.63, 3.8) is 0 Å². The molecule has 0 bridgehead atoms. The van der Waals surface area contributed by atoms with E-state index in [9.17, 15) is 14.7 Å². The molecule has 140 valence electrons. The fourth-order valence-corrected chi connectivity index (χ4v) is 2.68. The van der Waals surface area contributed by atoms with Gasteiger partial charge in [0.2, 0.25) is 0 Å². The molecule has 1 aliphatic carbocycles. The highest BCUT2D eigenvalue weighted by Gasteiger charge is 2.27. The summed E-state index contributed by atoms with van der Waals surface area (Å²) in [4.78, 5) is 24.5. The van der Waals surface area contributed by atoms with Gasteiger partial charge in [-0.1, -0.05) is 30.3 Å². The number of aliphatic hydroxyl groups is 1. The zero-order chi connectivity index (χ0) is 19.3. The maximum absolute atomic E-state index is 12.4. The standard InChI is InChI=1S/C20H26N2O4/c1-20(2,3)26-19(25)22(4)21-15-11-8-12-16(23)18(15)17(24)13-14-9-6-5-7-10-14/h5-7,9-10,24H,8,11-13H2,1-4H3. The van der Waals surface area contributed by atoms with Crippen molar-refractivity contribution < 1.29 is 19.4 Å². The van der Waals surface area contributed by atoms with Crippen LogP contribution in [0.4, 0.5) is 4.79 Å². The fraction of sp³-hybridized carbons (Fsp3) is 0.450. The minimum Gasteiger partial charge on any atom is -0.511 e. The van der Waals surface area contributed by atoms with Crippen LogP contribution >= 0.6 is 0 Å². The summed E-state index contributed by atoms with van der Waals surface area (Å²) < 4.78 is 5.28. The number of nitrogens with zero attached hydrogens (tertiary/aromatic N) is 2. The molecule has 0 aliphatic heterocycles. The maximum atomic E-state index is 12.4. The molecular weight excluding hydrogens is 332 g/mol. The summed E-state index contributed by atoms with van der Waals surface area (Å²) in [5.41, 5.74) is 0.899. The van der Waals surface area contributed by atoms with Crippen LogP contribution in [0.15, 0.2) is 46.8 Å². The normalized spacial score (nSPS) is 18.6. The summed E-state index contributed by atoms with van der Waals surface area (Å²) in [6, 6.07) is 9.41. The van der Waals surface area contributed by atoms with Gasteiger partial charge >= 0.3 is 6.09 Å². The van der Waals surface area contributed by atoms with E-state index < -0.39 is 11.7 Å². The number of Topliss-reactive ketones (excluding diaryl/α,β-unsaturated/α-hetero) is 1. The lowest BCUT2D eigenvalue weighted by Crippen LogP contribution is -2.33. The summed E-state index contributed by atoms with van der Waals surface area (Å²) in [5, 5.41) is 15.9. The largest absolute Gasteiger partial charge is 0.511 e. The topological polar surface area (TPSA) is 79.2 Å². The second kappa shape index (κ2) is 8.17. The number of ether oxygens (including phenoxy) is 1. The van der Waals surface area contributed by atoms with Crippen LogP contribution in [0, 0.1) is 0 Å². The third kappa shape index (κ3) is 5.44. The van der Waals surface area contributed by atoms with Crippen LogP contribution in [0.25, 0.3) is 0 Å². The van der Waals surface area contributed by atoms with E-state index in [2.05, 4.69) is 5.10 Å². The molecule has 0 radical (unpaired) electrons. The number of carbonyl (C=O) groups excluding carboxylic acids is 2. The highest BCUT2D eigenvalue weighted by molar-refractivity contribution is 6.24. The molecule has 1 amide bonds. The molecular formula is C20H26N2O4. The fourth-order valence-electron chi connectivity index (χ4n) is 2.68. The molecule has 2 rings (SSSR count). The monoisotopic (exact) mass is 358 g/mol. The quantitative estimate of drug-likeness (QED) is 0.503. The Morgan fingerprint density at radius 3 is 2.50 bits per heavy atom. The molecule has 1 N–H and O–H groups in total. The molecule has 1 saturated carbocycles. The zero-order valence-corrected chi connectivity index (χ0v) is 15.8. The molecule has 26 heavy (non-hydrogen) atoms. The predicted octanol–water partition coefficient (Wildman–Crippen LogP) is 4.02. The van der Waals surface area contributed by atoms with E-state index in [0.29, 0.717) is 25.0 Å². The summed E-state index contributed by atoms with van der Waals surface area (Å²) in [5.74, 6) is -0.168. The van der Waals surface area contributed by atoms with Gasteiger partial charge in [0.15, 0.2) is 5.78 Å². The highest BCUT2D eigenvalue weighted by atomic mass is 16.6. The number of rotatable bonds is 3. The Hall–Kier alpha value is -2.63. The van der Waals surface area contributed by atoms with Crippen LogP contribution in [0.1, 0.15) is 45.6 Å². The maximum Gasteiger partial charge on any atom is 0.430 e. The third-order valence-corrected chi connectivity index (χ3v) is 3.82. The number of carbonyl (C=O) groups is 2. The van der Waals surface area contributed by atoms with Crippen LogP contribution in [0.5, 0.6) is 0 Å². The first-order chi connectivity index (χ1) is 12.2. The molecule has 0 aromatic heterocycles. The van der Waals surface area contributed by atoms with Gasteiger partial charge in [0.25, 0.3) is 0 Å². The van der Waals surface area contributed by atoms with E-state index in [4.69, 9.17) is 4.74 Å². The highest BCUT2D eigenvalue weighted by Crippen LogP contribution is 2.23. The van der Waals surface area contributed by atoms with Crippen LogP contribution in [-0.2, 0) is 16.0 Å². The molecule has 1 aliphatic rings. The SMILES string of the molecule is CN(N=C1CCCC(=O)C1=C(O)Cc1ccccc1)C(=O)OC(C)(C)C. The molecule has 0 saturated heterocycles. The number of allylic oxidation sites excluding steroid dienone is 2. The Morgan fingerprint density at radius 2 is 1.88 bits per heavy atom. The lowest BCUT2D eigenvalue weighted by Gasteiger charge is -2.24. The number of hydrogen-bond donors (Lipinski definition) is 1. The smallest absolute Gasteiger partial charge is 0.430 e. The van der Waals surface area contributed by atoms with Crippen LogP contribution in [0.3, 0.4) is 0 Å². The van der Waals surface area contributed by atoms with Crippen LogP contribution in [0.2, 0.25) is 0 Å². The molecule has 1 aromatic rings. The van der Waals surface area contributed by atoms with Crippen molar-refractivity contribution in [2.75, 3.05) is 7.05 Å². The summed E-state index contributed by atoms with van der Waals surface area (Å²) in [6.45, 7) is 5.31. The Kier molecular flexibility index (Phi) is 6.18. The minimum atomic E-state index is -0.637. The van der Waals surface area contributed by atoms with Crippen LogP contribution in [-0.4, -0.2) is 40.4 Å². The molecule has 6 nitrogen and oxygen atoms in total. The number of hydrazone groups is 1. The molecule has 0 atom stereocenters. The van der Waals surface area contributed by atoms with Gasteiger partial charge in [-0.25, -0.2) is 9.80 Å². The second-order valence-corrected chi connectivity index (χ2v) is 7.31. The minimum absolute atomic E-state index is 0.0164. The lowest BCUT2D eigenvalue weighted by molar-refractivity contribution is -0.115. The number of benzene rings is 1. The molecule has 6 heteroatoms. The lowest BCUT2D eigenvalue weighted by atomic mass is 9.89. The first-order valence-corrected chi connectivity index (χ1v) is 8.71. The van der Waals surface area contributed by atoms with E-state index in [0.717, 1.165) is 10.6 Å². The molecule has 0 heterocycles. The summed E-state index contributed by atoms with van der Waals surface area (Å²) in [7, 11) is 1.48. The van der Waals surface area contributed by atoms with Crippen molar-refractivity contribution in [2.24, 2.45) is 5.10 Å². The molecule has 0 spiro atoms. The third-order valence-electron chi connectivity index (χ3n) is 3.82. The van der Waals surface area contributed by atoms with Crippen molar-refractivity contribution >= 4 is 17.6 Å². The number of amides is 1. The van der Waals surface area contributed by atoms with Gasteiger partial charge in [-0.3, -0.25) is 4.79 Å². The van der Waals surface area contributed by atoms with Gasteiger partial charge in [0.05, 0.1) is 11.3 Å². The van der Waals surface area contributed by atoms with E-state index in [-0.39, 0.29) is 23.5 Å². The van der Waals surface area contributed by atoms with Crippen molar-refractivity contribution in [3.8, 4) is 0 Å². The van der Waals surface area contributed by atoms with Gasteiger partial charge < -0.3 is 9.84 Å². The predicted molar refractivity (Wildman–Crippen MR) is 100 cm³/mol. The first-order valence-electron chi connectivity index (χ1n) is 8.71. The van der Waals surface area contributed by atoms with Gasteiger partial charge in [0.1, 0.15) is 11.4 Å². The number of hydrogen-bond acceptors (Lipinski definition) is 5. The van der Waals surface area contributed by atoms with Gasteiger partial charge in [-0.2, -0.15) is 5.10 Å².